The molecule has 29 heavy (non-hydrogen) atoms. The van der Waals surface area contributed by atoms with Crippen molar-refractivity contribution in [3.8, 4) is 0 Å². The van der Waals surface area contributed by atoms with E-state index in [2.05, 4.69) is 11.4 Å². The molecule has 0 heterocycles. The van der Waals surface area contributed by atoms with Crippen LogP contribution in [0.15, 0.2) is 29.2 Å². The fourth-order valence-electron chi connectivity index (χ4n) is 4.74. The van der Waals surface area contributed by atoms with Crippen LogP contribution in [0.25, 0.3) is 6.08 Å². The summed E-state index contributed by atoms with van der Waals surface area (Å²) in [6, 6.07) is 3.89. The minimum atomic E-state index is -4.32. The van der Waals surface area contributed by atoms with Crippen molar-refractivity contribution in [1.29, 1.82) is 0 Å². The summed E-state index contributed by atoms with van der Waals surface area (Å²) in [6.07, 6.45) is 9.91. The molecule has 0 radical (unpaired) electrons. The predicted molar refractivity (Wildman–Crippen MR) is 109 cm³/mol. The van der Waals surface area contributed by atoms with Crippen LogP contribution in [-0.2, 0) is 42.1 Å². The van der Waals surface area contributed by atoms with E-state index in [-0.39, 0.29) is 0 Å². The van der Waals surface area contributed by atoms with Crippen LogP contribution in [0.5, 0.6) is 0 Å². The van der Waals surface area contributed by atoms with E-state index in [0.717, 1.165) is 60.9 Å². The van der Waals surface area contributed by atoms with Gasteiger partial charge in [-0.2, -0.15) is 0 Å². The average Bonchev–Trinajstić information content (AvgIpc) is 3.39. The molecular weight excluding hydrogens is 391 g/mol. The van der Waals surface area contributed by atoms with Crippen molar-refractivity contribution in [1.82, 2.24) is 4.72 Å². The molecule has 0 fully saturated rings. The van der Waals surface area contributed by atoms with Crippen molar-refractivity contribution in [2.24, 2.45) is 0 Å². The van der Waals surface area contributed by atoms with Gasteiger partial charge in [-0.05, 0) is 90.5 Å². The molecule has 0 aromatic heterocycles. The van der Waals surface area contributed by atoms with E-state index in [1.807, 2.05) is 10.8 Å². The molecule has 2 aromatic rings. The second kappa shape index (κ2) is 6.69. The Labute approximate surface area is 169 Å². The number of nitrogens with one attached hydrogen (secondary N) is 2. The molecule has 5 rings (SSSR count). The minimum absolute atomic E-state index is 0.501. The zero-order valence-corrected chi connectivity index (χ0v) is 16.7. The van der Waals surface area contributed by atoms with Crippen LogP contribution in [0.4, 0.5) is 14.9 Å². The third-order valence-corrected chi connectivity index (χ3v) is 7.40. The number of anilines is 1. The highest BCUT2D eigenvalue weighted by Gasteiger charge is 2.28. The molecule has 150 valence electrons. The van der Waals surface area contributed by atoms with Crippen LogP contribution in [0.3, 0.4) is 0 Å². The van der Waals surface area contributed by atoms with E-state index < -0.39 is 26.8 Å². The molecule has 2 amide bonds. The van der Waals surface area contributed by atoms with Gasteiger partial charge in [-0.3, -0.25) is 0 Å². The van der Waals surface area contributed by atoms with Gasteiger partial charge >= 0.3 is 6.03 Å². The van der Waals surface area contributed by atoms with Crippen molar-refractivity contribution >= 4 is 27.8 Å². The Morgan fingerprint density at radius 2 is 1.62 bits per heavy atom. The summed E-state index contributed by atoms with van der Waals surface area (Å²) in [6.45, 7) is 0. The lowest BCUT2D eigenvalue weighted by Gasteiger charge is -2.17. The van der Waals surface area contributed by atoms with Crippen molar-refractivity contribution in [3.05, 3.63) is 63.5 Å². The largest absolute Gasteiger partial charge is 0.333 e. The van der Waals surface area contributed by atoms with Gasteiger partial charge < -0.3 is 5.32 Å². The normalized spacial score (nSPS) is 16.4. The van der Waals surface area contributed by atoms with E-state index in [1.165, 1.54) is 23.3 Å². The highest BCUT2D eigenvalue weighted by atomic mass is 32.2. The highest BCUT2D eigenvalue weighted by molar-refractivity contribution is 7.90. The van der Waals surface area contributed by atoms with E-state index in [9.17, 15) is 17.6 Å². The fraction of sp³-hybridized carbons (Fsp3) is 0.318. The summed E-state index contributed by atoms with van der Waals surface area (Å²) >= 11 is 0. The van der Waals surface area contributed by atoms with Crippen LogP contribution < -0.4 is 10.0 Å². The first-order valence-corrected chi connectivity index (χ1v) is 11.4. The van der Waals surface area contributed by atoms with Crippen LogP contribution in [0.1, 0.15) is 46.2 Å². The fourth-order valence-corrected chi connectivity index (χ4v) is 5.76. The topological polar surface area (TPSA) is 75.3 Å². The maximum atomic E-state index is 14.4. The maximum absolute atomic E-state index is 14.4. The van der Waals surface area contributed by atoms with Crippen LogP contribution >= 0.6 is 0 Å². The van der Waals surface area contributed by atoms with Crippen molar-refractivity contribution in [3.63, 3.8) is 0 Å². The molecule has 2 N–H and O–H groups in total. The summed E-state index contributed by atoms with van der Waals surface area (Å²) in [4.78, 5) is 12.1. The Morgan fingerprint density at radius 3 is 2.31 bits per heavy atom. The summed E-state index contributed by atoms with van der Waals surface area (Å²) in [5.74, 6) is -0.864. The predicted octanol–water partition coefficient (Wildman–Crippen LogP) is 3.88. The van der Waals surface area contributed by atoms with Crippen molar-refractivity contribution in [2.45, 2.75) is 49.8 Å². The number of benzene rings is 2. The quantitative estimate of drug-likeness (QED) is 0.803. The monoisotopic (exact) mass is 412 g/mol. The first-order valence-electron chi connectivity index (χ1n) is 9.91. The molecular formula is C22H21FN2O3S. The van der Waals surface area contributed by atoms with E-state index >= 15 is 0 Å². The molecule has 0 spiro atoms. The zero-order valence-electron chi connectivity index (χ0n) is 15.8. The van der Waals surface area contributed by atoms with Crippen molar-refractivity contribution in [2.75, 3.05) is 5.32 Å². The number of aryl methyl sites for hydroxylation is 2. The molecule has 0 saturated carbocycles. The van der Waals surface area contributed by atoms with Gasteiger partial charge in [0.05, 0.1) is 0 Å². The van der Waals surface area contributed by atoms with Gasteiger partial charge in [0.15, 0.2) is 0 Å². The van der Waals surface area contributed by atoms with E-state index in [1.54, 1.807) is 6.08 Å². The third-order valence-electron chi connectivity index (χ3n) is 6.06. The standard InChI is InChI=1S/C22H21FN2O3S/c23-19-11-13-4-1-5-14(13)12-20(19)29(27,28)25-22(26)24-21-17-8-2-6-15(17)10-16-7-3-9-18(16)21/h1,4,10-12H,2-3,5-9H2,(H2,24,25,26). The summed E-state index contributed by atoms with van der Waals surface area (Å²) in [5, 5.41) is 2.78. The molecule has 0 bridgehead atoms. The number of carbonyl (C=O) groups is 1. The number of urea groups is 1. The summed E-state index contributed by atoms with van der Waals surface area (Å²) in [5.41, 5.74) is 6.83. The summed E-state index contributed by atoms with van der Waals surface area (Å²) in [7, 11) is -4.32. The lowest BCUT2D eigenvalue weighted by Crippen LogP contribution is -2.35. The lowest BCUT2D eigenvalue weighted by atomic mass is 9.99. The smallest absolute Gasteiger partial charge is 0.307 e. The molecule has 0 saturated heterocycles. The number of halogens is 1. The molecule has 3 aliphatic carbocycles. The molecule has 2 aromatic carbocycles. The Kier molecular flexibility index (Phi) is 4.24. The Balaban J connectivity index is 1.42. The number of fused-ring (bicyclic) bond motifs is 3. The molecule has 0 aliphatic heterocycles. The number of hydrogen-bond donors (Lipinski definition) is 2. The zero-order chi connectivity index (χ0) is 20.2. The van der Waals surface area contributed by atoms with Gasteiger partial charge in [-0.25, -0.2) is 22.3 Å². The van der Waals surface area contributed by atoms with Gasteiger partial charge in [0.1, 0.15) is 10.7 Å². The van der Waals surface area contributed by atoms with Crippen molar-refractivity contribution < 1.29 is 17.6 Å². The number of carbonyl (C=O) groups excluding carboxylic acids is 1. The molecule has 3 aliphatic rings. The number of hydrogen-bond acceptors (Lipinski definition) is 3. The maximum Gasteiger partial charge on any atom is 0.333 e. The Bertz CT molecular complexity index is 1150. The SMILES string of the molecule is O=C(Nc1c2c(cc3c1CCC3)CCC2)NS(=O)(=O)c1cc2c(cc1F)C=CC2. The summed E-state index contributed by atoms with van der Waals surface area (Å²) < 4.78 is 41.8. The van der Waals surface area contributed by atoms with Gasteiger partial charge in [-0.1, -0.05) is 18.2 Å². The molecule has 7 heteroatoms. The number of rotatable bonds is 3. The number of sulfonamides is 1. The van der Waals surface area contributed by atoms with Gasteiger partial charge in [0.2, 0.25) is 0 Å². The van der Waals surface area contributed by atoms with Crippen LogP contribution in [-0.4, -0.2) is 14.4 Å². The first kappa shape index (κ1) is 18.4. The average molecular weight is 412 g/mol. The minimum Gasteiger partial charge on any atom is -0.307 e. The number of amides is 2. The highest BCUT2D eigenvalue weighted by Crippen LogP contribution is 2.38. The van der Waals surface area contributed by atoms with Crippen LogP contribution in [0, 0.1) is 5.82 Å². The number of allylic oxidation sites excluding steroid dienone is 1. The van der Waals surface area contributed by atoms with Gasteiger partial charge in [-0.15, -0.1) is 0 Å². The lowest BCUT2D eigenvalue weighted by molar-refractivity contribution is 0.256. The first-order chi connectivity index (χ1) is 13.9. The second-order valence-electron chi connectivity index (χ2n) is 7.88. The van der Waals surface area contributed by atoms with E-state index in [4.69, 9.17) is 0 Å². The molecule has 5 nitrogen and oxygen atoms in total. The van der Waals surface area contributed by atoms with Crippen LogP contribution in [0.2, 0.25) is 0 Å². The Morgan fingerprint density at radius 1 is 0.931 bits per heavy atom. The molecule has 0 atom stereocenters. The Hall–Kier alpha value is -2.67. The van der Waals surface area contributed by atoms with Gasteiger partial charge in [0, 0.05) is 5.69 Å². The molecule has 0 unspecified atom stereocenters. The van der Waals surface area contributed by atoms with E-state index in [0.29, 0.717) is 12.0 Å². The second-order valence-corrected chi connectivity index (χ2v) is 9.53. The third kappa shape index (κ3) is 3.13. The van der Waals surface area contributed by atoms with Gasteiger partial charge in [0.25, 0.3) is 10.0 Å².